The Bertz CT molecular complexity index is 1250. The summed E-state index contributed by atoms with van der Waals surface area (Å²) in [6, 6.07) is 15.4. The standard InChI is InChI=1S/C22H15BrN2O5S/c1-13-3-2-4-14(9-13)12-24-21(26)20(31-22(24)27)11-16-6-8-19(30-16)17-7-5-15(25(28)29)10-18(17)23/h2-11H,12H2,1H3/b20-11-. The summed E-state index contributed by atoms with van der Waals surface area (Å²) >= 11 is 4.19. The van der Waals surface area contributed by atoms with Crippen molar-refractivity contribution in [2.24, 2.45) is 0 Å². The molecule has 2 aromatic carbocycles. The van der Waals surface area contributed by atoms with Crippen molar-refractivity contribution in [3.05, 3.63) is 91.0 Å². The van der Waals surface area contributed by atoms with Crippen molar-refractivity contribution >= 4 is 50.6 Å². The molecule has 2 amide bonds. The molecule has 1 saturated heterocycles. The molecule has 0 aliphatic carbocycles. The van der Waals surface area contributed by atoms with Crippen molar-refractivity contribution in [2.75, 3.05) is 0 Å². The molecule has 0 unspecified atom stereocenters. The molecule has 3 aromatic rings. The Morgan fingerprint density at radius 3 is 2.68 bits per heavy atom. The van der Waals surface area contributed by atoms with E-state index in [2.05, 4.69) is 15.9 Å². The number of nitro benzene ring substituents is 1. The molecule has 0 radical (unpaired) electrons. The van der Waals surface area contributed by atoms with Gasteiger partial charge in [-0.15, -0.1) is 0 Å². The van der Waals surface area contributed by atoms with E-state index in [0.717, 1.165) is 22.9 Å². The normalized spacial score (nSPS) is 15.2. The minimum absolute atomic E-state index is 0.0373. The van der Waals surface area contributed by atoms with Gasteiger partial charge in [-0.3, -0.25) is 24.6 Å². The van der Waals surface area contributed by atoms with Crippen LogP contribution in [0.5, 0.6) is 0 Å². The first-order chi connectivity index (χ1) is 14.8. The van der Waals surface area contributed by atoms with Gasteiger partial charge >= 0.3 is 0 Å². The van der Waals surface area contributed by atoms with E-state index in [1.165, 1.54) is 23.1 Å². The fourth-order valence-corrected chi connectivity index (χ4v) is 4.53. The van der Waals surface area contributed by atoms with E-state index in [-0.39, 0.29) is 28.3 Å². The maximum atomic E-state index is 12.7. The third kappa shape index (κ3) is 4.47. The Kier molecular flexibility index (Phi) is 5.79. The summed E-state index contributed by atoms with van der Waals surface area (Å²) in [5.74, 6) is 0.513. The lowest BCUT2D eigenvalue weighted by Crippen LogP contribution is -2.27. The van der Waals surface area contributed by atoms with Crippen LogP contribution in [-0.4, -0.2) is 21.0 Å². The van der Waals surface area contributed by atoms with Crippen LogP contribution in [0.4, 0.5) is 10.5 Å². The van der Waals surface area contributed by atoms with Crippen molar-refractivity contribution in [1.82, 2.24) is 4.90 Å². The van der Waals surface area contributed by atoms with Gasteiger partial charge in [0, 0.05) is 28.2 Å². The molecule has 1 aromatic heterocycles. The number of nitrogens with zero attached hydrogens (tertiary/aromatic N) is 2. The minimum atomic E-state index is -0.477. The summed E-state index contributed by atoms with van der Waals surface area (Å²) < 4.78 is 6.31. The van der Waals surface area contributed by atoms with Gasteiger partial charge in [0.15, 0.2) is 0 Å². The van der Waals surface area contributed by atoms with E-state index in [0.29, 0.717) is 21.6 Å². The highest BCUT2D eigenvalue weighted by atomic mass is 79.9. The zero-order valence-corrected chi connectivity index (χ0v) is 18.6. The van der Waals surface area contributed by atoms with Crippen LogP contribution >= 0.6 is 27.7 Å². The number of rotatable bonds is 5. The summed E-state index contributed by atoms with van der Waals surface area (Å²) in [5, 5.41) is 10.6. The van der Waals surface area contributed by atoms with Gasteiger partial charge in [-0.05, 0) is 58.4 Å². The van der Waals surface area contributed by atoms with Crippen LogP contribution < -0.4 is 0 Å². The Hall–Kier alpha value is -3.17. The number of furan rings is 1. The molecule has 1 fully saturated rings. The lowest BCUT2D eigenvalue weighted by molar-refractivity contribution is -0.384. The predicted molar refractivity (Wildman–Crippen MR) is 121 cm³/mol. The number of non-ortho nitro benzene ring substituents is 1. The third-order valence-electron chi connectivity index (χ3n) is 4.63. The average molecular weight is 499 g/mol. The van der Waals surface area contributed by atoms with Crippen LogP contribution in [0.15, 0.2) is 68.4 Å². The molecule has 0 N–H and O–H groups in total. The third-order valence-corrected chi connectivity index (χ3v) is 6.19. The van der Waals surface area contributed by atoms with Crippen LogP contribution in [0.3, 0.4) is 0 Å². The summed E-state index contributed by atoms with van der Waals surface area (Å²) in [4.78, 5) is 37.0. The van der Waals surface area contributed by atoms with Gasteiger partial charge in [0.1, 0.15) is 11.5 Å². The van der Waals surface area contributed by atoms with Crippen LogP contribution in [0, 0.1) is 17.0 Å². The zero-order chi connectivity index (χ0) is 22.1. The smallest absolute Gasteiger partial charge is 0.293 e. The highest BCUT2D eigenvalue weighted by Crippen LogP contribution is 2.36. The zero-order valence-electron chi connectivity index (χ0n) is 16.2. The van der Waals surface area contributed by atoms with Gasteiger partial charge in [0.05, 0.1) is 16.4 Å². The van der Waals surface area contributed by atoms with Gasteiger partial charge in [-0.25, -0.2) is 0 Å². The molecule has 4 rings (SSSR count). The molecule has 156 valence electrons. The predicted octanol–water partition coefficient (Wildman–Crippen LogP) is 6.16. The number of aryl methyl sites for hydroxylation is 1. The first-order valence-corrected chi connectivity index (χ1v) is 10.8. The molecule has 1 aliphatic heterocycles. The maximum absolute atomic E-state index is 12.7. The lowest BCUT2D eigenvalue weighted by Gasteiger charge is -2.12. The Morgan fingerprint density at radius 1 is 1.16 bits per heavy atom. The highest BCUT2D eigenvalue weighted by Gasteiger charge is 2.35. The van der Waals surface area contributed by atoms with Crippen LogP contribution in [0.1, 0.15) is 16.9 Å². The molecular weight excluding hydrogens is 484 g/mol. The second-order valence-corrected chi connectivity index (χ2v) is 8.73. The van der Waals surface area contributed by atoms with Crippen LogP contribution in [0.2, 0.25) is 0 Å². The largest absolute Gasteiger partial charge is 0.457 e. The van der Waals surface area contributed by atoms with E-state index in [1.807, 2.05) is 31.2 Å². The second kappa shape index (κ2) is 8.52. The molecule has 0 bridgehead atoms. The first-order valence-electron chi connectivity index (χ1n) is 9.17. The van der Waals surface area contributed by atoms with E-state index >= 15 is 0 Å². The van der Waals surface area contributed by atoms with Gasteiger partial charge in [0.2, 0.25) is 0 Å². The second-order valence-electron chi connectivity index (χ2n) is 6.88. The number of halogens is 1. The number of benzene rings is 2. The fourth-order valence-electron chi connectivity index (χ4n) is 3.15. The molecule has 0 saturated carbocycles. The van der Waals surface area contributed by atoms with Gasteiger partial charge in [-0.2, -0.15) is 0 Å². The molecule has 1 aliphatic rings. The van der Waals surface area contributed by atoms with E-state index in [1.54, 1.807) is 18.2 Å². The number of carbonyl (C=O) groups excluding carboxylic acids is 2. The Balaban J connectivity index is 1.55. The van der Waals surface area contributed by atoms with Gasteiger partial charge in [-0.1, -0.05) is 29.8 Å². The van der Waals surface area contributed by atoms with Crippen molar-refractivity contribution < 1.29 is 18.9 Å². The summed E-state index contributed by atoms with van der Waals surface area (Å²) in [6.07, 6.45) is 1.53. The van der Waals surface area contributed by atoms with Crippen molar-refractivity contribution in [3.8, 4) is 11.3 Å². The molecular formula is C22H15BrN2O5S. The maximum Gasteiger partial charge on any atom is 0.293 e. The highest BCUT2D eigenvalue weighted by molar-refractivity contribution is 9.10. The van der Waals surface area contributed by atoms with Crippen molar-refractivity contribution in [2.45, 2.75) is 13.5 Å². The Morgan fingerprint density at radius 2 is 1.97 bits per heavy atom. The van der Waals surface area contributed by atoms with Crippen molar-refractivity contribution in [1.29, 1.82) is 0 Å². The van der Waals surface area contributed by atoms with Gasteiger partial charge in [0.25, 0.3) is 16.8 Å². The number of hydrogen-bond donors (Lipinski definition) is 0. The molecule has 7 nitrogen and oxygen atoms in total. The number of hydrogen-bond acceptors (Lipinski definition) is 6. The van der Waals surface area contributed by atoms with E-state index < -0.39 is 4.92 Å². The number of carbonyl (C=O) groups is 2. The quantitative estimate of drug-likeness (QED) is 0.237. The SMILES string of the molecule is Cc1cccc(CN2C(=O)S/C(=C\c3ccc(-c4ccc([N+](=O)[O-])cc4Br)o3)C2=O)c1. The van der Waals surface area contributed by atoms with Gasteiger partial charge < -0.3 is 4.42 Å². The molecule has 9 heteroatoms. The van der Waals surface area contributed by atoms with E-state index in [4.69, 9.17) is 4.42 Å². The number of imide groups is 1. The molecule has 31 heavy (non-hydrogen) atoms. The first kappa shape index (κ1) is 21.1. The van der Waals surface area contributed by atoms with Crippen molar-refractivity contribution in [3.63, 3.8) is 0 Å². The minimum Gasteiger partial charge on any atom is -0.457 e. The van der Waals surface area contributed by atoms with E-state index in [9.17, 15) is 19.7 Å². The summed E-state index contributed by atoms with van der Waals surface area (Å²) in [5.41, 5.74) is 2.54. The van der Waals surface area contributed by atoms with Crippen LogP contribution in [-0.2, 0) is 11.3 Å². The van der Waals surface area contributed by atoms with Crippen LogP contribution in [0.25, 0.3) is 17.4 Å². The summed E-state index contributed by atoms with van der Waals surface area (Å²) in [7, 11) is 0. The lowest BCUT2D eigenvalue weighted by atomic mass is 10.1. The topological polar surface area (TPSA) is 93.7 Å². The number of nitro groups is 1. The number of amides is 2. The molecule has 2 heterocycles. The average Bonchev–Trinajstić information content (AvgIpc) is 3.28. The monoisotopic (exact) mass is 498 g/mol. The molecule has 0 atom stereocenters. The molecule has 0 spiro atoms. The number of thioether (sulfide) groups is 1. The fraction of sp³-hybridized carbons (Fsp3) is 0.0909. The Labute approximate surface area is 190 Å². The summed E-state index contributed by atoms with van der Waals surface area (Å²) in [6.45, 7) is 2.16.